The molecule has 0 aliphatic heterocycles. The lowest BCUT2D eigenvalue weighted by molar-refractivity contribution is 0.227. The second-order valence-electron chi connectivity index (χ2n) is 8.03. The van der Waals surface area contributed by atoms with Crippen molar-refractivity contribution in [1.29, 1.82) is 0 Å². The lowest BCUT2D eigenvalue weighted by Crippen LogP contribution is -2.42. The molecule has 6 atom stereocenters. The average molecular weight is 287 g/mol. The molecule has 0 amide bonds. The van der Waals surface area contributed by atoms with Gasteiger partial charge in [0.15, 0.2) is 0 Å². The van der Waals surface area contributed by atoms with E-state index in [2.05, 4.69) is 44.2 Å². The van der Waals surface area contributed by atoms with Crippen molar-refractivity contribution in [3.63, 3.8) is 0 Å². The van der Waals surface area contributed by atoms with Gasteiger partial charge in [0.1, 0.15) is 0 Å². The molecule has 0 heterocycles. The SMILES string of the molecule is Cc1cccc2c1C1C3CC(C21)C1c2c(ccc(N)c2C)C31. The molecular weight excluding hydrogens is 266 g/mol. The zero-order valence-corrected chi connectivity index (χ0v) is 13.1. The van der Waals surface area contributed by atoms with E-state index in [1.165, 1.54) is 17.5 Å². The van der Waals surface area contributed by atoms with Crippen LogP contribution in [-0.4, -0.2) is 0 Å². The molecule has 4 aliphatic carbocycles. The Morgan fingerprint density at radius 3 is 2.27 bits per heavy atom. The standard InChI is InChI=1S/C21H21N/c1-9-4-3-5-11-16(9)20-13-8-14(18(11)20)21-17-10(2)15(22)7-6-12(17)19(13)21/h3-7,13-14,18-21H,8,22H2,1-2H3. The minimum Gasteiger partial charge on any atom is -0.399 e. The third kappa shape index (κ3) is 1.01. The van der Waals surface area contributed by atoms with Gasteiger partial charge >= 0.3 is 0 Å². The maximum Gasteiger partial charge on any atom is 0.0346 e. The van der Waals surface area contributed by atoms with Crippen molar-refractivity contribution in [2.75, 3.05) is 5.73 Å². The normalized spacial score (nSPS) is 38.5. The predicted octanol–water partition coefficient (Wildman–Crippen LogP) is 4.60. The summed E-state index contributed by atoms with van der Waals surface area (Å²) in [6.45, 7) is 4.53. The van der Waals surface area contributed by atoms with Crippen LogP contribution in [0.1, 0.15) is 63.5 Å². The third-order valence-corrected chi connectivity index (χ3v) is 7.50. The maximum absolute atomic E-state index is 6.18. The highest BCUT2D eigenvalue weighted by atomic mass is 14.7. The number of benzene rings is 2. The highest BCUT2D eigenvalue weighted by Gasteiger charge is 2.67. The quantitative estimate of drug-likeness (QED) is 0.556. The Bertz CT molecular complexity index is 849. The number of hydrogen-bond acceptors (Lipinski definition) is 1. The van der Waals surface area contributed by atoms with Gasteiger partial charge in [-0.3, -0.25) is 0 Å². The van der Waals surface area contributed by atoms with Crippen molar-refractivity contribution in [2.24, 2.45) is 11.8 Å². The summed E-state index contributed by atoms with van der Waals surface area (Å²) >= 11 is 0. The molecular formula is C21H21N. The van der Waals surface area contributed by atoms with Gasteiger partial charge in [0, 0.05) is 5.69 Å². The van der Waals surface area contributed by atoms with Gasteiger partial charge in [-0.05, 0) is 95.2 Å². The summed E-state index contributed by atoms with van der Waals surface area (Å²) in [7, 11) is 0. The minimum absolute atomic E-state index is 0.804. The van der Waals surface area contributed by atoms with Gasteiger partial charge in [0.2, 0.25) is 0 Å². The highest BCUT2D eigenvalue weighted by molar-refractivity contribution is 5.65. The first kappa shape index (κ1) is 11.8. The maximum atomic E-state index is 6.18. The summed E-state index contributed by atoms with van der Waals surface area (Å²) in [4.78, 5) is 0. The first-order valence-electron chi connectivity index (χ1n) is 8.66. The van der Waals surface area contributed by atoms with Gasteiger partial charge in [0.05, 0.1) is 0 Å². The van der Waals surface area contributed by atoms with E-state index in [0.717, 1.165) is 41.2 Å². The fourth-order valence-corrected chi connectivity index (χ4v) is 6.80. The van der Waals surface area contributed by atoms with Crippen LogP contribution in [0.5, 0.6) is 0 Å². The van der Waals surface area contributed by atoms with E-state index >= 15 is 0 Å². The molecule has 2 aromatic carbocycles. The Kier molecular flexibility index (Phi) is 1.83. The first-order chi connectivity index (χ1) is 10.7. The van der Waals surface area contributed by atoms with Crippen molar-refractivity contribution in [1.82, 2.24) is 0 Å². The Balaban J connectivity index is 1.52. The number of fused-ring (bicyclic) bond motifs is 14. The smallest absolute Gasteiger partial charge is 0.0346 e. The van der Waals surface area contributed by atoms with E-state index in [1.54, 1.807) is 22.3 Å². The lowest BCUT2D eigenvalue weighted by atomic mass is 9.49. The summed E-state index contributed by atoms with van der Waals surface area (Å²) < 4.78 is 0. The number of nitrogen functional groups attached to an aromatic ring is 1. The molecule has 0 saturated heterocycles. The second kappa shape index (κ2) is 3.42. The lowest BCUT2D eigenvalue weighted by Gasteiger charge is -2.55. The third-order valence-electron chi connectivity index (χ3n) is 7.50. The molecule has 1 nitrogen and oxygen atoms in total. The van der Waals surface area contributed by atoms with Crippen LogP contribution in [0.4, 0.5) is 5.69 Å². The Morgan fingerprint density at radius 2 is 1.50 bits per heavy atom. The van der Waals surface area contributed by atoms with E-state index in [0.29, 0.717) is 0 Å². The fraction of sp³-hybridized carbons (Fsp3) is 0.429. The second-order valence-corrected chi connectivity index (χ2v) is 8.03. The molecule has 22 heavy (non-hydrogen) atoms. The van der Waals surface area contributed by atoms with E-state index in [9.17, 15) is 0 Å². The highest BCUT2D eigenvalue weighted by Crippen LogP contribution is 2.79. The van der Waals surface area contributed by atoms with E-state index in [1.807, 2.05) is 0 Å². The zero-order chi connectivity index (χ0) is 14.7. The van der Waals surface area contributed by atoms with Crippen LogP contribution in [-0.2, 0) is 0 Å². The summed E-state index contributed by atoms with van der Waals surface area (Å²) in [6, 6.07) is 11.4. The zero-order valence-electron chi connectivity index (χ0n) is 13.1. The molecule has 2 N–H and O–H groups in total. The molecule has 2 aromatic rings. The number of hydrogen-bond donors (Lipinski definition) is 1. The van der Waals surface area contributed by atoms with Crippen molar-refractivity contribution in [3.8, 4) is 0 Å². The summed E-state index contributed by atoms with van der Waals surface area (Å²) in [6.07, 6.45) is 1.44. The van der Waals surface area contributed by atoms with Gasteiger partial charge in [-0.25, -0.2) is 0 Å². The van der Waals surface area contributed by atoms with Gasteiger partial charge in [-0.15, -0.1) is 0 Å². The molecule has 4 aliphatic rings. The minimum atomic E-state index is 0.804. The average Bonchev–Trinajstić information content (AvgIpc) is 2.90. The number of aryl methyl sites for hydroxylation is 1. The molecule has 2 bridgehead atoms. The first-order valence-corrected chi connectivity index (χ1v) is 8.66. The molecule has 0 radical (unpaired) electrons. The van der Waals surface area contributed by atoms with Crippen molar-refractivity contribution < 1.29 is 0 Å². The van der Waals surface area contributed by atoms with Crippen molar-refractivity contribution in [2.45, 2.75) is 43.9 Å². The predicted molar refractivity (Wildman–Crippen MR) is 89.3 cm³/mol. The number of anilines is 1. The molecule has 0 spiro atoms. The van der Waals surface area contributed by atoms with Crippen LogP contribution >= 0.6 is 0 Å². The van der Waals surface area contributed by atoms with E-state index in [4.69, 9.17) is 5.73 Å². The van der Waals surface area contributed by atoms with Crippen LogP contribution in [0.2, 0.25) is 0 Å². The van der Waals surface area contributed by atoms with Gasteiger partial charge in [-0.2, -0.15) is 0 Å². The molecule has 6 rings (SSSR count). The summed E-state index contributed by atoms with van der Waals surface area (Å²) in [5, 5.41) is 0. The molecule has 1 heteroatoms. The van der Waals surface area contributed by atoms with Gasteiger partial charge in [0.25, 0.3) is 0 Å². The molecule has 110 valence electrons. The Morgan fingerprint density at radius 1 is 0.818 bits per heavy atom. The van der Waals surface area contributed by atoms with Crippen LogP contribution in [0.15, 0.2) is 30.3 Å². The van der Waals surface area contributed by atoms with Crippen molar-refractivity contribution in [3.05, 3.63) is 63.7 Å². The number of nitrogens with two attached hydrogens (primary N) is 1. The largest absolute Gasteiger partial charge is 0.399 e. The van der Waals surface area contributed by atoms with Crippen LogP contribution in [0.3, 0.4) is 0 Å². The van der Waals surface area contributed by atoms with Crippen molar-refractivity contribution >= 4 is 5.69 Å². The molecule has 2 fully saturated rings. The van der Waals surface area contributed by atoms with Gasteiger partial charge < -0.3 is 5.73 Å². The molecule has 6 unspecified atom stereocenters. The van der Waals surface area contributed by atoms with Crippen LogP contribution < -0.4 is 5.73 Å². The van der Waals surface area contributed by atoms with E-state index in [-0.39, 0.29) is 0 Å². The van der Waals surface area contributed by atoms with E-state index < -0.39 is 0 Å². The monoisotopic (exact) mass is 287 g/mol. The van der Waals surface area contributed by atoms with Gasteiger partial charge in [-0.1, -0.05) is 24.3 Å². The topological polar surface area (TPSA) is 26.0 Å². The molecule has 2 saturated carbocycles. The van der Waals surface area contributed by atoms with Crippen LogP contribution in [0.25, 0.3) is 0 Å². The fourth-order valence-electron chi connectivity index (χ4n) is 6.80. The Labute approximate surface area is 131 Å². The summed E-state index contributed by atoms with van der Waals surface area (Å²) in [5.41, 5.74) is 16.7. The molecule has 0 aromatic heterocycles. The summed E-state index contributed by atoms with van der Waals surface area (Å²) in [5.74, 6) is 5.10. The Hall–Kier alpha value is -1.76. The number of rotatable bonds is 0. The van der Waals surface area contributed by atoms with Crippen LogP contribution in [0, 0.1) is 25.7 Å².